The van der Waals surface area contributed by atoms with E-state index in [0.717, 1.165) is 36.3 Å². The monoisotopic (exact) mass is 336 g/mol. The SMILES string of the molecule is COc1ccc(CC[NH+](C)CC(=O)NC(=O)NC2CC2)cc1OC. The zero-order valence-corrected chi connectivity index (χ0v) is 14.5. The third-order valence-electron chi connectivity index (χ3n) is 3.92. The molecule has 0 saturated heterocycles. The van der Waals surface area contributed by atoms with E-state index in [2.05, 4.69) is 10.6 Å². The molecule has 1 atom stereocenters. The molecule has 7 heteroatoms. The molecule has 1 fully saturated rings. The van der Waals surface area contributed by atoms with Crippen LogP contribution in [0.4, 0.5) is 4.79 Å². The lowest BCUT2D eigenvalue weighted by Gasteiger charge is -2.14. The number of ether oxygens (including phenoxy) is 2. The summed E-state index contributed by atoms with van der Waals surface area (Å²) in [5, 5.41) is 5.10. The second kappa shape index (κ2) is 8.54. The zero-order valence-electron chi connectivity index (χ0n) is 14.5. The van der Waals surface area contributed by atoms with E-state index in [-0.39, 0.29) is 18.5 Å². The third kappa shape index (κ3) is 5.73. The zero-order chi connectivity index (χ0) is 17.5. The highest BCUT2D eigenvalue weighted by atomic mass is 16.5. The van der Waals surface area contributed by atoms with Gasteiger partial charge in [-0.1, -0.05) is 6.07 Å². The number of carbonyl (C=O) groups is 2. The van der Waals surface area contributed by atoms with E-state index in [1.54, 1.807) is 14.2 Å². The van der Waals surface area contributed by atoms with Gasteiger partial charge in [0.15, 0.2) is 18.0 Å². The van der Waals surface area contributed by atoms with Gasteiger partial charge in [-0.2, -0.15) is 0 Å². The topological polar surface area (TPSA) is 81.1 Å². The lowest BCUT2D eigenvalue weighted by molar-refractivity contribution is -0.870. The first kappa shape index (κ1) is 18.1. The summed E-state index contributed by atoms with van der Waals surface area (Å²) in [7, 11) is 5.14. The van der Waals surface area contributed by atoms with Crippen LogP contribution in [0.1, 0.15) is 18.4 Å². The highest BCUT2D eigenvalue weighted by Crippen LogP contribution is 2.27. The molecule has 1 unspecified atom stereocenters. The van der Waals surface area contributed by atoms with Gasteiger partial charge in [0.25, 0.3) is 5.91 Å². The molecule has 132 valence electrons. The molecule has 3 amide bonds. The Morgan fingerprint density at radius 1 is 1.21 bits per heavy atom. The standard InChI is InChI=1S/C17H25N3O4/c1-20(11-16(21)19-17(22)18-13-5-6-13)9-8-12-4-7-14(23-2)15(10-12)24-3/h4,7,10,13H,5-6,8-9,11H2,1-3H3,(H2,18,19,21,22)/p+1. The van der Waals surface area contributed by atoms with Crippen LogP contribution in [-0.4, -0.2) is 52.3 Å². The van der Waals surface area contributed by atoms with E-state index in [4.69, 9.17) is 9.47 Å². The van der Waals surface area contributed by atoms with Crippen molar-refractivity contribution in [3.05, 3.63) is 23.8 Å². The molecule has 0 heterocycles. The predicted octanol–water partition coefficient (Wildman–Crippen LogP) is -0.251. The lowest BCUT2D eigenvalue weighted by Crippen LogP contribution is -3.10. The van der Waals surface area contributed by atoms with E-state index in [1.165, 1.54) is 0 Å². The molecule has 0 aliphatic heterocycles. The number of hydrogen-bond donors (Lipinski definition) is 3. The maximum Gasteiger partial charge on any atom is 0.321 e. The second-order valence-corrected chi connectivity index (χ2v) is 6.12. The normalized spacial score (nSPS) is 14.6. The Morgan fingerprint density at radius 2 is 1.92 bits per heavy atom. The minimum atomic E-state index is -0.393. The number of quaternary nitrogens is 1. The maximum atomic E-state index is 11.8. The van der Waals surface area contributed by atoms with Crippen molar-refractivity contribution in [3.63, 3.8) is 0 Å². The van der Waals surface area contributed by atoms with Crippen LogP contribution in [0.2, 0.25) is 0 Å². The van der Waals surface area contributed by atoms with Crippen LogP contribution < -0.4 is 25.0 Å². The van der Waals surface area contributed by atoms with Crippen molar-refractivity contribution in [1.82, 2.24) is 10.6 Å². The third-order valence-corrected chi connectivity index (χ3v) is 3.92. The van der Waals surface area contributed by atoms with Gasteiger partial charge in [-0.25, -0.2) is 4.79 Å². The number of amides is 3. The van der Waals surface area contributed by atoms with Crippen molar-refractivity contribution in [2.45, 2.75) is 25.3 Å². The van der Waals surface area contributed by atoms with Gasteiger partial charge >= 0.3 is 6.03 Å². The first-order valence-electron chi connectivity index (χ1n) is 8.14. The summed E-state index contributed by atoms with van der Waals surface area (Å²) in [5.41, 5.74) is 1.11. The molecule has 1 saturated carbocycles. The van der Waals surface area contributed by atoms with Crippen LogP contribution in [0.3, 0.4) is 0 Å². The van der Waals surface area contributed by atoms with Crippen molar-refractivity contribution in [3.8, 4) is 11.5 Å². The first-order chi connectivity index (χ1) is 11.5. The van der Waals surface area contributed by atoms with E-state index in [1.807, 2.05) is 25.2 Å². The molecule has 0 bridgehead atoms. The molecule has 1 aromatic rings. The van der Waals surface area contributed by atoms with Gasteiger partial charge < -0.3 is 19.7 Å². The van der Waals surface area contributed by atoms with Crippen LogP contribution in [0.5, 0.6) is 11.5 Å². The van der Waals surface area contributed by atoms with Crippen LogP contribution in [0.15, 0.2) is 18.2 Å². The van der Waals surface area contributed by atoms with Crippen molar-refractivity contribution < 1.29 is 24.0 Å². The second-order valence-electron chi connectivity index (χ2n) is 6.12. The summed E-state index contributed by atoms with van der Waals surface area (Å²) in [6.07, 6.45) is 2.80. The Labute approximate surface area is 142 Å². The maximum absolute atomic E-state index is 11.8. The molecule has 1 aliphatic carbocycles. The van der Waals surface area contributed by atoms with Gasteiger partial charge in [-0.05, 0) is 30.5 Å². The Bertz CT molecular complexity index is 587. The van der Waals surface area contributed by atoms with Gasteiger partial charge in [-0.15, -0.1) is 0 Å². The molecule has 24 heavy (non-hydrogen) atoms. The molecule has 0 aromatic heterocycles. The van der Waals surface area contributed by atoms with E-state index < -0.39 is 6.03 Å². The molecule has 1 aliphatic rings. The van der Waals surface area contributed by atoms with Crippen molar-refractivity contribution in [1.29, 1.82) is 0 Å². The summed E-state index contributed by atoms with van der Waals surface area (Å²) in [6.45, 7) is 1.03. The number of likely N-dealkylation sites (N-methyl/N-ethyl adjacent to an activating group) is 1. The number of carbonyl (C=O) groups excluding carboxylic acids is 2. The van der Waals surface area contributed by atoms with Gasteiger partial charge in [0, 0.05) is 12.5 Å². The molecule has 2 rings (SSSR count). The fraction of sp³-hybridized carbons (Fsp3) is 0.529. The number of benzene rings is 1. The quantitative estimate of drug-likeness (QED) is 0.611. The van der Waals surface area contributed by atoms with Crippen molar-refractivity contribution >= 4 is 11.9 Å². The average Bonchev–Trinajstić information content (AvgIpc) is 3.36. The molecular weight excluding hydrogens is 310 g/mol. The van der Waals surface area contributed by atoms with Crippen LogP contribution in [0, 0.1) is 0 Å². The summed E-state index contributed by atoms with van der Waals surface area (Å²) in [6, 6.07) is 5.65. The Kier molecular flexibility index (Phi) is 6.43. The molecule has 0 spiro atoms. The van der Waals surface area contributed by atoms with Crippen LogP contribution >= 0.6 is 0 Å². The average molecular weight is 336 g/mol. The van der Waals surface area contributed by atoms with Gasteiger partial charge in [-0.3, -0.25) is 10.1 Å². The number of urea groups is 1. The number of hydrogen-bond acceptors (Lipinski definition) is 4. The van der Waals surface area contributed by atoms with E-state index in [0.29, 0.717) is 11.5 Å². The molecule has 0 radical (unpaired) electrons. The summed E-state index contributed by atoms with van der Waals surface area (Å²) in [4.78, 5) is 24.4. The van der Waals surface area contributed by atoms with Gasteiger partial charge in [0.1, 0.15) is 0 Å². The van der Waals surface area contributed by atoms with Crippen LogP contribution in [-0.2, 0) is 11.2 Å². The van der Waals surface area contributed by atoms with Gasteiger partial charge in [0.05, 0.1) is 27.8 Å². The van der Waals surface area contributed by atoms with Gasteiger partial charge in [0.2, 0.25) is 0 Å². The van der Waals surface area contributed by atoms with E-state index >= 15 is 0 Å². The van der Waals surface area contributed by atoms with Crippen LogP contribution in [0.25, 0.3) is 0 Å². The number of rotatable bonds is 8. The Balaban J connectivity index is 1.74. The highest BCUT2D eigenvalue weighted by molar-refractivity contribution is 5.94. The molecular formula is C17H26N3O4+. The summed E-state index contributed by atoms with van der Waals surface area (Å²) in [5.74, 6) is 1.13. The number of methoxy groups -OCH3 is 2. The van der Waals surface area contributed by atoms with E-state index in [9.17, 15) is 9.59 Å². The number of nitrogens with one attached hydrogen (secondary N) is 3. The molecule has 7 nitrogen and oxygen atoms in total. The van der Waals surface area contributed by atoms with Crippen molar-refractivity contribution in [2.75, 3.05) is 34.4 Å². The minimum Gasteiger partial charge on any atom is -0.493 e. The summed E-state index contributed by atoms with van der Waals surface area (Å²) < 4.78 is 10.5. The highest BCUT2D eigenvalue weighted by Gasteiger charge is 2.24. The van der Waals surface area contributed by atoms with Crippen molar-refractivity contribution in [2.24, 2.45) is 0 Å². The molecule has 1 aromatic carbocycles. The minimum absolute atomic E-state index is 0.243. The summed E-state index contributed by atoms with van der Waals surface area (Å²) >= 11 is 0. The fourth-order valence-electron chi connectivity index (χ4n) is 2.38. The Hall–Kier alpha value is -2.28. The predicted molar refractivity (Wildman–Crippen MR) is 89.6 cm³/mol. The smallest absolute Gasteiger partial charge is 0.321 e. The fourth-order valence-corrected chi connectivity index (χ4v) is 2.38. The molecule has 3 N–H and O–H groups in total. The first-order valence-corrected chi connectivity index (χ1v) is 8.14. The Morgan fingerprint density at radius 3 is 2.54 bits per heavy atom. The number of imide groups is 1. The lowest BCUT2D eigenvalue weighted by atomic mass is 10.1. The largest absolute Gasteiger partial charge is 0.493 e.